The zero-order chi connectivity index (χ0) is 22.7. The number of aliphatic carboxylic acids is 1. The molecule has 0 radical (unpaired) electrons. The summed E-state index contributed by atoms with van der Waals surface area (Å²) in [7, 11) is 0. The van der Waals surface area contributed by atoms with Crippen molar-refractivity contribution < 1.29 is 19.4 Å². The van der Waals surface area contributed by atoms with E-state index in [1.807, 2.05) is 24.3 Å². The third-order valence-corrected chi connectivity index (χ3v) is 6.00. The summed E-state index contributed by atoms with van der Waals surface area (Å²) in [4.78, 5) is 26.4. The largest absolute Gasteiger partial charge is 0.493 e. The van der Waals surface area contributed by atoms with Crippen molar-refractivity contribution in [3.63, 3.8) is 0 Å². The summed E-state index contributed by atoms with van der Waals surface area (Å²) in [5.74, 6) is -0.0602. The van der Waals surface area contributed by atoms with Crippen LogP contribution in [0.5, 0.6) is 5.75 Å². The molecule has 1 aliphatic heterocycles. The van der Waals surface area contributed by atoms with Crippen molar-refractivity contribution in [3.05, 3.63) is 70.8 Å². The summed E-state index contributed by atoms with van der Waals surface area (Å²) >= 11 is 0. The Balaban J connectivity index is 1.80. The number of rotatable bonds is 9. The van der Waals surface area contributed by atoms with E-state index in [1.54, 1.807) is 17.0 Å². The fourth-order valence-corrected chi connectivity index (χ4v) is 4.48. The van der Waals surface area contributed by atoms with E-state index in [4.69, 9.17) is 9.84 Å². The number of aryl methyl sites for hydroxylation is 1. The normalized spacial score (nSPS) is 12.9. The number of carbonyl (C=O) groups is 2. The van der Waals surface area contributed by atoms with Gasteiger partial charge in [-0.05, 0) is 41.5 Å². The van der Waals surface area contributed by atoms with Crippen LogP contribution in [0.15, 0.2) is 48.5 Å². The third-order valence-electron chi connectivity index (χ3n) is 6.00. The summed E-state index contributed by atoms with van der Waals surface area (Å²) in [5.41, 5.74) is 4.31. The number of ether oxygens (including phenoxy) is 1. The summed E-state index contributed by atoms with van der Waals surface area (Å²) in [5, 5.41) is 11.2. The lowest BCUT2D eigenvalue weighted by atomic mass is 9.91. The molecule has 3 aromatic carbocycles. The van der Waals surface area contributed by atoms with E-state index in [-0.39, 0.29) is 12.3 Å². The Morgan fingerprint density at radius 1 is 1.03 bits per heavy atom. The van der Waals surface area contributed by atoms with Crippen LogP contribution >= 0.6 is 0 Å². The smallest absolute Gasteiger partial charge is 0.307 e. The van der Waals surface area contributed by atoms with Gasteiger partial charge in [0.25, 0.3) is 5.91 Å². The van der Waals surface area contributed by atoms with Crippen LogP contribution < -0.4 is 9.64 Å². The Hall–Kier alpha value is -3.34. The molecule has 1 amide bonds. The maximum atomic E-state index is 13.7. The maximum absolute atomic E-state index is 13.7. The third kappa shape index (κ3) is 4.07. The molecule has 166 valence electrons. The SMILES string of the molecule is CCCCOc1c2c(c(CCC)c3ccccc13)C(=O)N(c1ccc(CC(=O)O)cc1)C2. The van der Waals surface area contributed by atoms with Crippen LogP contribution in [0.4, 0.5) is 5.69 Å². The molecule has 0 saturated carbocycles. The van der Waals surface area contributed by atoms with Gasteiger partial charge in [0.1, 0.15) is 5.75 Å². The van der Waals surface area contributed by atoms with Gasteiger partial charge in [-0.3, -0.25) is 9.59 Å². The van der Waals surface area contributed by atoms with Crippen LogP contribution in [0.2, 0.25) is 0 Å². The molecule has 1 heterocycles. The Labute approximate surface area is 188 Å². The summed E-state index contributed by atoms with van der Waals surface area (Å²) in [6.45, 7) is 5.34. The standard InChI is InChI=1S/C27H29NO4/c1-3-5-15-32-26-22-10-7-6-9-20(22)21(8-4-2)25-23(26)17-28(27(25)31)19-13-11-18(12-14-19)16-24(29)30/h6-7,9-14H,3-5,8,15-17H2,1-2H3,(H,29,30). The maximum Gasteiger partial charge on any atom is 0.307 e. The zero-order valence-electron chi connectivity index (χ0n) is 18.7. The van der Waals surface area contributed by atoms with E-state index in [1.165, 1.54) is 0 Å². The zero-order valence-corrected chi connectivity index (χ0v) is 18.7. The van der Waals surface area contributed by atoms with E-state index in [0.29, 0.717) is 18.7 Å². The van der Waals surface area contributed by atoms with Crippen molar-refractivity contribution in [1.82, 2.24) is 0 Å². The molecule has 3 aromatic rings. The van der Waals surface area contributed by atoms with Crippen LogP contribution in [0.3, 0.4) is 0 Å². The van der Waals surface area contributed by atoms with Gasteiger partial charge in [0.2, 0.25) is 0 Å². The molecule has 1 N–H and O–H groups in total. The van der Waals surface area contributed by atoms with Crippen molar-refractivity contribution in [2.45, 2.75) is 52.5 Å². The molecular weight excluding hydrogens is 402 g/mol. The minimum atomic E-state index is -0.868. The van der Waals surface area contributed by atoms with Crippen molar-refractivity contribution in [3.8, 4) is 5.75 Å². The van der Waals surface area contributed by atoms with Gasteiger partial charge < -0.3 is 14.7 Å². The van der Waals surface area contributed by atoms with Crippen LogP contribution in [-0.2, 0) is 24.2 Å². The predicted octanol–water partition coefficient (Wildman–Crippen LogP) is 5.76. The number of hydrogen-bond acceptors (Lipinski definition) is 3. The number of nitrogens with zero attached hydrogens (tertiary/aromatic N) is 1. The molecule has 32 heavy (non-hydrogen) atoms. The number of hydrogen-bond donors (Lipinski definition) is 1. The van der Waals surface area contributed by atoms with Gasteiger partial charge in [-0.15, -0.1) is 0 Å². The second-order valence-corrected chi connectivity index (χ2v) is 8.29. The van der Waals surface area contributed by atoms with Gasteiger partial charge in [0.15, 0.2) is 0 Å². The molecule has 0 unspecified atom stereocenters. The highest BCUT2D eigenvalue weighted by atomic mass is 16.5. The van der Waals surface area contributed by atoms with E-state index in [2.05, 4.69) is 26.0 Å². The quantitative estimate of drug-likeness (QED) is 0.438. The minimum Gasteiger partial charge on any atom is -0.493 e. The Kier molecular flexibility index (Phi) is 6.45. The average molecular weight is 432 g/mol. The van der Waals surface area contributed by atoms with Gasteiger partial charge in [-0.25, -0.2) is 0 Å². The predicted molar refractivity (Wildman–Crippen MR) is 127 cm³/mol. The summed E-state index contributed by atoms with van der Waals surface area (Å²) in [6, 6.07) is 15.4. The number of fused-ring (bicyclic) bond motifs is 2. The fraction of sp³-hybridized carbons (Fsp3) is 0.333. The van der Waals surface area contributed by atoms with Crippen molar-refractivity contribution in [2.24, 2.45) is 0 Å². The average Bonchev–Trinajstić information content (AvgIpc) is 3.13. The Morgan fingerprint density at radius 3 is 2.41 bits per heavy atom. The van der Waals surface area contributed by atoms with Crippen LogP contribution in [0.1, 0.15) is 60.2 Å². The molecular formula is C27H29NO4. The van der Waals surface area contributed by atoms with Gasteiger partial charge in [-0.1, -0.05) is 63.1 Å². The van der Waals surface area contributed by atoms with Gasteiger partial charge in [0.05, 0.1) is 25.1 Å². The first-order valence-corrected chi connectivity index (χ1v) is 11.4. The molecule has 0 bridgehead atoms. The first-order valence-electron chi connectivity index (χ1n) is 11.4. The highest BCUT2D eigenvalue weighted by Gasteiger charge is 2.35. The number of carboxylic acids is 1. The molecule has 0 saturated heterocycles. The first-order chi connectivity index (χ1) is 15.5. The lowest BCUT2D eigenvalue weighted by Crippen LogP contribution is -2.23. The second-order valence-electron chi connectivity index (χ2n) is 8.29. The van der Waals surface area contributed by atoms with Crippen molar-refractivity contribution >= 4 is 28.3 Å². The minimum absolute atomic E-state index is 0.0134. The van der Waals surface area contributed by atoms with E-state index < -0.39 is 5.97 Å². The number of carboxylic acid groups (broad SMARTS) is 1. The van der Waals surface area contributed by atoms with Gasteiger partial charge in [-0.2, -0.15) is 0 Å². The molecule has 0 aromatic heterocycles. The van der Waals surface area contributed by atoms with Gasteiger partial charge >= 0.3 is 5.97 Å². The Morgan fingerprint density at radius 2 is 1.75 bits per heavy atom. The lowest BCUT2D eigenvalue weighted by molar-refractivity contribution is -0.136. The molecule has 5 nitrogen and oxygen atoms in total. The molecule has 4 rings (SSSR count). The van der Waals surface area contributed by atoms with E-state index in [9.17, 15) is 9.59 Å². The summed E-state index contributed by atoms with van der Waals surface area (Å²) < 4.78 is 6.29. The Bertz CT molecular complexity index is 1150. The van der Waals surface area contributed by atoms with Crippen molar-refractivity contribution in [1.29, 1.82) is 0 Å². The molecule has 0 fully saturated rings. The number of carbonyl (C=O) groups excluding carboxylic acids is 1. The molecule has 5 heteroatoms. The molecule has 1 aliphatic rings. The molecule has 0 spiro atoms. The van der Waals surface area contributed by atoms with E-state index >= 15 is 0 Å². The molecule has 0 atom stereocenters. The van der Waals surface area contributed by atoms with E-state index in [0.717, 1.165) is 64.6 Å². The monoisotopic (exact) mass is 431 g/mol. The topological polar surface area (TPSA) is 66.8 Å². The highest BCUT2D eigenvalue weighted by Crippen LogP contribution is 2.43. The summed E-state index contributed by atoms with van der Waals surface area (Å²) in [6.07, 6.45) is 3.75. The highest BCUT2D eigenvalue weighted by molar-refractivity contribution is 6.15. The van der Waals surface area contributed by atoms with Crippen LogP contribution in [0, 0.1) is 0 Å². The lowest BCUT2D eigenvalue weighted by Gasteiger charge is -2.17. The number of amides is 1. The fourth-order valence-electron chi connectivity index (χ4n) is 4.48. The van der Waals surface area contributed by atoms with Crippen molar-refractivity contribution in [2.75, 3.05) is 11.5 Å². The number of benzene rings is 3. The number of unbranched alkanes of at least 4 members (excludes halogenated alkanes) is 1. The second kappa shape index (κ2) is 9.43. The first kappa shape index (κ1) is 21.9. The number of anilines is 1. The van der Waals surface area contributed by atoms with Crippen LogP contribution in [-0.4, -0.2) is 23.6 Å². The molecule has 0 aliphatic carbocycles. The van der Waals surface area contributed by atoms with Crippen LogP contribution in [0.25, 0.3) is 10.8 Å². The van der Waals surface area contributed by atoms with Gasteiger partial charge in [0, 0.05) is 16.6 Å².